The van der Waals surface area contributed by atoms with Crippen molar-refractivity contribution in [3.05, 3.63) is 0 Å². The van der Waals surface area contributed by atoms with Crippen molar-refractivity contribution >= 4 is 15.9 Å². The monoisotopic (exact) mass is 261 g/mol. The fourth-order valence-corrected chi connectivity index (χ4v) is 4.43. The Hall–Kier alpha value is -0.660. The number of ether oxygens (including phenoxy) is 1. The highest BCUT2D eigenvalue weighted by Crippen LogP contribution is 2.23. The van der Waals surface area contributed by atoms with Crippen LogP contribution in [0.4, 0.5) is 0 Å². The fraction of sp³-hybridized carbons (Fsp3) is 0.900. The number of amidine groups is 1. The lowest BCUT2D eigenvalue weighted by molar-refractivity contribution is 0.126. The summed E-state index contributed by atoms with van der Waals surface area (Å²) in [7, 11) is -3.35. The zero-order chi connectivity index (χ0) is 12.5. The van der Waals surface area contributed by atoms with E-state index in [1.54, 1.807) is 0 Å². The lowest BCUT2D eigenvalue weighted by Crippen LogP contribution is -2.45. The molecule has 2 rings (SSSR count). The van der Waals surface area contributed by atoms with E-state index >= 15 is 0 Å². The van der Waals surface area contributed by atoms with Crippen LogP contribution in [-0.2, 0) is 14.8 Å². The second-order valence-corrected chi connectivity index (χ2v) is 6.60. The lowest BCUT2D eigenvalue weighted by atomic mass is 10.2. The van der Waals surface area contributed by atoms with Gasteiger partial charge >= 0.3 is 0 Å². The maximum absolute atomic E-state index is 12.2. The number of nitrogens with two attached hydrogens (primary N) is 1. The molecule has 7 heteroatoms. The third-order valence-corrected chi connectivity index (χ3v) is 5.29. The summed E-state index contributed by atoms with van der Waals surface area (Å²) in [5.41, 5.74) is 5.44. The molecule has 2 aliphatic heterocycles. The number of sulfonamides is 1. The fourth-order valence-electron chi connectivity index (χ4n) is 2.49. The molecule has 2 atom stereocenters. The Kier molecular flexibility index (Phi) is 3.70. The average molecular weight is 261 g/mol. The average Bonchev–Trinajstić information content (AvgIpc) is 2.84. The third kappa shape index (κ3) is 2.78. The van der Waals surface area contributed by atoms with Gasteiger partial charge in [-0.15, -0.1) is 0 Å². The quantitative estimate of drug-likeness (QED) is 0.545. The van der Waals surface area contributed by atoms with Gasteiger partial charge in [0.1, 0.15) is 5.84 Å². The highest BCUT2D eigenvalue weighted by molar-refractivity contribution is 7.89. The summed E-state index contributed by atoms with van der Waals surface area (Å²) in [6, 6.07) is -0.443. The minimum Gasteiger partial charge on any atom is -0.386 e. The molecule has 2 saturated heterocycles. The minimum atomic E-state index is -3.35. The van der Waals surface area contributed by atoms with Crippen LogP contribution in [0.25, 0.3) is 0 Å². The van der Waals surface area contributed by atoms with Crippen LogP contribution >= 0.6 is 0 Å². The van der Waals surface area contributed by atoms with Crippen LogP contribution in [0.2, 0.25) is 0 Å². The summed E-state index contributed by atoms with van der Waals surface area (Å²) in [6.45, 7) is 1.12. The summed E-state index contributed by atoms with van der Waals surface area (Å²) in [5, 5.41) is 7.43. The molecule has 0 spiro atoms. The number of rotatable bonds is 4. The van der Waals surface area contributed by atoms with Crippen LogP contribution in [0, 0.1) is 5.41 Å². The number of nitrogens with one attached hydrogen (secondary N) is 1. The second-order valence-electron chi connectivity index (χ2n) is 4.64. The van der Waals surface area contributed by atoms with Gasteiger partial charge in [0.05, 0.1) is 17.9 Å². The van der Waals surface area contributed by atoms with Gasteiger partial charge in [-0.2, -0.15) is 4.31 Å². The first-order chi connectivity index (χ1) is 8.00. The van der Waals surface area contributed by atoms with Gasteiger partial charge in [-0.25, -0.2) is 8.42 Å². The molecule has 2 heterocycles. The van der Waals surface area contributed by atoms with Crippen molar-refractivity contribution in [1.29, 1.82) is 5.41 Å². The van der Waals surface area contributed by atoms with Crippen LogP contribution < -0.4 is 5.73 Å². The Morgan fingerprint density at radius 2 is 2.18 bits per heavy atom. The van der Waals surface area contributed by atoms with E-state index in [9.17, 15) is 8.42 Å². The molecule has 0 bridgehead atoms. The summed E-state index contributed by atoms with van der Waals surface area (Å²) < 4.78 is 31.1. The molecule has 0 aliphatic carbocycles. The SMILES string of the molecule is N=C(N)C1CCCN1S(=O)(=O)CC1CCCO1. The van der Waals surface area contributed by atoms with Crippen molar-refractivity contribution in [2.45, 2.75) is 37.8 Å². The molecule has 3 N–H and O–H groups in total. The van der Waals surface area contributed by atoms with Gasteiger partial charge < -0.3 is 10.5 Å². The molecule has 2 fully saturated rings. The molecule has 17 heavy (non-hydrogen) atoms. The first kappa shape index (κ1) is 12.8. The molecular weight excluding hydrogens is 242 g/mol. The Bertz CT molecular complexity index is 390. The standard InChI is InChI=1S/C10H19N3O3S/c11-10(12)9-4-1-5-13(9)17(14,15)7-8-3-2-6-16-8/h8-9H,1-7H2,(H3,11,12). The highest BCUT2D eigenvalue weighted by atomic mass is 32.2. The molecule has 0 amide bonds. The van der Waals surface area contributed by atoms with Gasteiger partial charge in [0.15, 0.2) is 0 Å². The van der Waals surface area contributed by atoms with E-state index in [1.165, 1.54) is 4.31 Å². The Labute approximate surface area is 102 Å². The maximum atomic E-state index is 12.2. The predicted molar refractivity (Wildman–Crippen MR) is 64.4 cm³/mol. The summed E-state index contributed by atoms with van der Waals surface area (Å²) in [6.07, 6.45) is 2.97. The van der Waals surface area contributed by atoms with Gasteiger partial charge in [-0.05, 0) is 25.7 Å². The molecular formula is C10H19N3O3S. The van der Waals surface area contributed by atoms with Crippen molar-refractivity contribution in [2.75, 3.05) is 18.9 Å². The van der Waals surface area contributed by atoms with Crippen molar-refractivity contribution in [3.8, 4) is 0 Å². The van der Waals surface area contributed by atoms with E-state index in [0.717, 1.165) is 19.3 Å². The molecule has 6 nitrogen and oxygen atoms in total. The van der Waals surface area contributed by atoms with Gasteiger partial charge in [-0.1, -0.05) is 0 Å². The van der Waals surface area contributed by atoms with Crippen LogP contribution in [0.3, 0.4) is 0 Å². The van der Waals surface area contributed by atoms with Crippen molar-refractivity contribution in [3.63, 3.8) is 0 Å². The molecule has 2 unspecified atom stereocenters. The zero-order valence-electron chi connectivity index (χ0n) is 9.76. The van der Waals surface area contributed by atoms with Gasteiger partial charge in [0.25, 0.3) is 0 Å². The van der Waals surface area contributed by atoms with Crippen LogP contribution in [-0.4, -0.2) is 49.6 Å². The number of hydrogen-bond acceptors (Lipinski definition) is 4. The zero-order valence-corrected chi connectivity index (χ0v) is 10.6. The van der Waals surface area contributed by atoms with Crippen LogP contribution in [0.5, 0.6) is 0 Å². The molecule has 0 aromatic rings. The second kappa shape index (κ2) is 4.91. The molecule has 0 aromatic heterocycles. The van der Waals surface area contributed by atoms with E-state index in [4.69, 9.17) is 15.9 Å². The lowest BCUT2D eigenvalue weighted by Gasteiger charge is -2.24. The van der Waals surface area contributed by atoms with E-state index in [-0.39, 0.29) is 17.7 Å². The normalized spacial score (nSPS) is 30.8. The van der Waals surface area contributed by atoms with Gasteiger partial charge in [0, 0.05) is 13.2 Å². The largest absolute Gasteiger partial charge is 0.386 e. The van der Waals surface area contributed by atoms with Crippen molar-refractivity contribution in [2.24, 2.45) is 5.73 Å². The molecule has 0 saturated carbocycles. The van der Waals surface area contributed by atoms with Gasteiger partial charge in [-0.3, -0.25) is 5.41 Å². The minimum absolute atomic E-state index is 0.0246. The smallest absolute Gasteiger partial charge is 0.217 e. The summed E-state index contributed by atoms with van der Waals surface area (Å²) in [4.78, 5) is 0. The van der Waals surface area contributed by atoms with E-state index in [2.05, 4.69) is 0 Å². The van der Waals surface area contributed by atoms with E-state index in [1.807, 2.05) is 0 Å². The van der Waals surface area contributed by atoms with Gasteiger partial charge in [0.2, 0.25) is 10.0 Å². The van der Waals surface area contributed by atoms with E-state index in [0.29, 0.717) is 19.6 Å². The Morgan fingerprint density at radius 1 is 1.41 bits per heavy atom. The topological polar surface area (TPSA) is 96.5 Å². The van der Waals surface area contributed by atoms with Crippen molar-refractivity contribution < 1.29 is 13.2 Å². The maximum Gasteiger partial charge on any atom is 0.217 e. The first-order valence-electron chi connectivity index (χ1n) is 5.96. The number of hydrogen-bond donors (Lipinski definition) is 2. The first-order valence-corrected chi connectivity index (χ1v) is 7.56. The molecule has 2 aliphatic rings. The highest BCUT2D eigenvalue weighted by Gasteiger charge is 2.37. The van der Waals surface area contributed by atoms with Crippen molar-refractivity contribution in [1.82, 2.24) is 4.31 Å². The van der Waals surface area contributed by atoms with E-state index < -0.39 is 16.1 Å². The Balaban J connectivity index is 2.06. The molecule has 0 radical (unpaired) electrons. The third-order valence-electron chi connectivity index (χ3n) is 3.34. The predicted octanol–water partition coefficient (Wildman–Crippen LogP) is -0.104. The summed E-state index contributed by atoms with van der Waals surface area (Å²) >= 11 is 0. The Morgan fingerprint density at radius 3 is 2.76 bits per heavy atom. The summed E-state index contributed by atoms with van der Waals surface area (Å²) in [5.74, 6) is -0.0324. The number of nitrogens with zero attached hydrogens (tertiary/aromatic N) is 1. The molecule has 0 aromatic carbocycles. The van der Waals surface area contributed by atoms with Crippen LogP contribution in [0.15, 0.2) is 0 Å². The molecule has 98 valence electrons. The van der Waals surface area contributed by atoms with Crippen LogP contribution in [0.1, 0.15) is 25.7 Å².